The zero-order chi connectivity index (χ0) is 52.0. The van der Waals surface area contributed by atoms with Gasteiger partial charge in [0, 0.05) is 55.0 Å². The van der Waals surface area contributed by atoms with Crippen molar-refractivity contribution in [2.24, 2.45) is 0 Å². The van der Waals surface area contributed by atoms with Crippen molar-refractivity contribution in [3.8, 4) is 33.4 Å². The van der Waals surface area contributed by atoms with Crippen molar-refractivity contribution in [1.29, 1.82) is 0 Å². The molecule has 3 nitrogen and oxygen atoms in total. The molecule has 0 bridgehead atoms. The fourth-order valence-electron chi connectivity index (χ4n) is 13.1. The van der Waals surface area contributed by atoms with Gasteiger partial charge in [-0.15, -0.1) is 6.58 Å². The molecular weight excluding hydrogens is 933 g/mol. The van der Waals surface area contributed by atoms with Crippen LogP contribution >= 0.6 is 0 Å². The Balaban J connectivity index is 1.01. The predicted molar refractivity (Wildman–Crippen MR) is 326 cm³/mol. The summed E-state index contributed by atoms with van der Waals surface area (Å²) >= 11 is 0. The molecule has 14 rings (SSSR count). The summed E-state index contributed by atoms with van der Waals surface area (Å²) in [4.78, 5) is 4.98. The molecule has 0 amide bonds. The molecule has 0 saturated heterocycles. The molecule has 77 heavy (non-hydrogen) atoms. The first-order valence-corrected chi connectivity index (χ1v) is 27.1. The van der Waals surface area contributed by atoms with E-state index in [-0.39, 0.29) is 10.8 Å². The van der Waals surface area contributed by atoms with Gasteiger partial charge in [0.1, 0.15) is 11.2 Å². The summed E-state index contributed by atoms with van der Waals surface area (Å²) in [6, 6.07) is 85.0. The molecule has 0 atom stereocenters. The molecule has 0 fully saturated rings. The summed E-state index contributed by atoms with van der Waals surface area (Å²) in [6.07, 6.45) is 6.12. The van der Waals surface area contributed by atoms with Crippen LogP contribution in [0, 0.1) is 0 Å². The normalized spacial score (nSPS) is 13.9. The van der Waals surface area contributed by atoms with E-state index in [1.165, 1.54) is 44.5 Å². The van der Waals surface area contributed by atoms with Crippen LogP contribution < -0.4 is 9.80 Å². The van der Waals surface area contributed by atoms with Crippen molar-refractivity contribution in [2.75, 3.05) is 9.80 Å². The summed E-state index contributed by atoms with van der Waals surface area (Å²) in [7, 11) is 0. The summed E-state index contributed by atoms with van der Waals surface area (Å²) in [5.41, 5.74) is 22.0. The molecular formula is C74H58N2O. The van der Waals surface area contributed by atoms with E-state index in [1.807, 2.05) is 6.08 Å². The van der Waals surface area contributed by atoms with Gasteiger partial charge in [-0.2, -0.15) is 0 Å². The van der Waals surface area contributed by atoms with Gasteiger partial charge in [-0.3, -0.25) is 0 Å². The second-order valence-corrected chi connectivity index (χ2v) is 21.9. The zero-order valence-electron chi connectivity index (χ0n) is 44.0. The Morgan fingerprint density at radius 2 is 0.909 bits per heavy atom. The second-order valence-electron chi connectivity index (χ2n) is 21.9. The molecule has 1 aromatic heterocycles. The molecule has 0 saturated carbocycles. The average molecular weight is 991 g/mol. The Kier molecular flexibility index (Phi) is 10.8. The molecule has 11 aromatic carbocycles. The Labute approximate surface area is 451 Å². The third-order valence-electron chi connectivity index (χ3n) is 16.8. The Morgan fingerprint density at radius 3 is 1.53 bits per heavy atom. The first kappa shape index (κ1) is 46.4. The van der Waals surface area contributed by atoms with Crippen LogP contribution in [0.4, 0.5) is 28.4 Å². The van der Waals surface area contributed by atoms with Gasteiger partial charge in [0.2, 0.25) is 0 Å². The zero-order valence-corrected chi connectivity index (χ0v) is 44.0. The van der Waals surface area contributed by atoms with E-state index in [4.69, 9.17) is 4.42 Å². The minimum atomic E-state index is -0.177. The van der Waals surface area contributed by atoms with Gasteiger partial charge in [0.15, 0.2) is 0 Å². The van der Waals surface area contributed by atoms with Crippen LogP contribution in [0.15, 0.2) is 254 Å². The fourth-order valence-corrected chi connectivity index (χ4v) is 13.1. The highest BCUT2D eigenvalue weighted by Crippen LogP contribution is 2.54. The van der Waals surface area contributed by atoms with Crippen molar-refractivity contribution in [3.05, 3.63) is 277 Å². The first-order valence-electron chi connectivity index (χ1n) is 27.1. The molecule has 3 heteroatoms. The molecule has 1 heterocycles. The predicted octanol–water partition coefficient (Wildman–Crippen LogP) is 20.8. The average Bonchev–Trinajstić information content (AvgIpc) is 4.04. The van der Waals surface area contributed by atoms with Gasteiger partial charge in [-0.1, -0.05) is 216 Å². The minimum absolute atomic E-state index is 0.176. The van der Waals surface area contributed by atoms with Gasteiger partial charge < -0.3 is 14.2 Å². The van der Waals surface area contributed by atoms with Gasteiger partial charge in [0.05, 0.1) is 17.1 Å². The lowest BCUT2D eigenvalue weighted by Crippen LogP contribution is -2.19. The van der Waals surface area contributed by atoms with Gasteiger partial charge in [-0.05, 0) is 134 Å². The highest BCUT2D eigenvalue weighted by Gasteiger charge is 2.38. The van der Waals surface area contributed by atoms with E-state index in [1.54, 1.807) is 0 Å². The van der Waals surface area contributed by atoms with Crippen LogP contribution in [0.2, 0.25) is 0 Å². The van der Waals surface area contributed by atoms with Crippen molar-refractivity contribution in [1.82, 2.24) is 0 Å². The number of rotatable bonds is 11. The molecule has 0 N–H and O–H groups in total. The number of allylic oxidation sites excluding steroid dienone is 2. The smallest absolute Gasteiger partial charge is 0.136 e. The molecule has 2 aliphatic carbocycles. The van der Waals surface area contributed by atoms with Crippen LogP contribution in [0.1, 0.15) is 68.4 Å². The third-order valence-corrected chi connectivity index (χ3v) is 16.8. The number of anilines is 5. The number of nitrogens with zero attached hydrogens (tertiary/aromatic N) is 2. The van der Waals surface area contributed by atoms with E-state index in [0.29, 0.717) is 0 Å². The van der Waals surface area contributed by atoms with Crippen LogP contribution in [-0.4, -0.2) is 0 Å². The highest BCUT2D eigenvalue weighted by molar-refractivity contribution is 6.27. The van der Waals surface area contributed by atoms with E-state index in [2.05, 4.69) is 281 Å². The molecule has 0 aliphatic heterocycles. The van der Waals surface area contributed by atoms with Gasteiger partial charge >= 0.3 is 0 Å². The van der Waals surface area contributed by atoms with Crippen molar-refractivity contribution in [2.45, 2.75) is 51.4 Å². The number of fused-ring (bicyclic) bond motifs is 7. The number of hydrogen-bond donors (Lipinski definition) is 0. The van der Waals surface area contributed by atoms with E-state index < -0.39 is 0 Å². The lowest BCUT2D eigenvalue weighted by atomic mass is 9.82. The minimum Gasteiger partial charge on any atom is -0.456 e. The lowest BCUT2D eigenvalue weighted by Gasteiger charge is -2.31. The monoisotopic (exact) mass is 990 g/mol. The Hall–Kier alpha value is -9.18. The molecule has 12 aromatic rings. The molecule has 2 aliphatic rings. The highest BCUT2D eigenvalue weighted by atomic mass is 16.3. The number of hydrogen-bond acceptors (Lipinski definition) is 3. The Bertz CT molecular complexity index is 4360. The van der Waals surface area contributed by atoms with Gasteiger partial charge in [0.25, 0.3) is 0 Å². The van der Waals surface area contributed by atoms with Crippen LogP contribution in [-0.2, 0) is 10.8 Å². The van der Waals surface area contributed by atoms with Gasteiger partial charge in [-0.25, -0.2) is 0 Å². The first-order chi connectivity index (χ1) is 37.7. The van der Waals surface area contributed by atoms with Crippen molar-refractivity contribution in [3.63, 3.8) is 0 Å². The van der Waals surface area contributed by atoms with Crippen LogP contribution in [0.3, 0.4) is 0 Å². The maximum Gasteiger partial charge on any atom is 0.136 e. The topological polar surface area (TPSA) is 19.6 Å². The van der Waals surface area contributed by atoms with Crippen LogP contribution in [0.25, 0.3) is 82.6 Å². The largest absolute Gasteiger partial charge is 0.456 e. The SMILES string of the molecule is C=CCC/C=C(\c1ccccc1)N(c1ccc2c(c1)C(C)(C)c1ccccc1-2)c1ccc2oc3ccc(N(c4ccc5c(c4)C(C)(C)c4ccccc4-5)c4ccccc4-c4ccccc4)c4cccc(c5cccc1c25)c34. The maximum absolute atomic E-state index is 7.34. The summed E-state index contributed by atoms with van der Waals surface area (Å²) in [5, 5.41) is 6.65. The second kappa shape index (κ2) is 18.0. The quantitative estimate of drug-likeness (QED) is 0.0951. The maximum atomic E-state index is 7.34. The summed E-state index contributed by atoms with van der Waals surface area (Å²) < 4.78 is 7.34. The fraction of sp³-hybridized carbons (Fsp3) is 0.108. The third kappa shape index (κ3) is 7.25. The standard InChI is InChI=1S/C74H58N2O/c1-6-7-10-36-65(49-25-13-9-14-26-49)75(50-38-40-55-53-28-15-18-34-61(53)73(2,3)63(55)46-50)67-42-44-69-71-57(30-21-32-59(67)71)58-31-22-33-60-68(43-45-70(77-69)72(58)60)76(66-37-20-17-27-52(66)48-23-11-8-12-24-48)51-39-41-56-54-29-16-19-35-62(54)74(4,5)64(56)47-51/h6,8-9,11-47H,1,7,10H2,2-5H3/b65-36+. The number of benzene rings is 11. The van der Waals surface area contributed by atoms with E-state index in [9.17, 15) is 0 Å². The molecule has 0 radical (unpaired) electrons. The molecule has 0 unspecified atom stereocenters. The summed E-state index contributed by atoms with van der Waals surface area (Å²) in [6.45, 7) is 13.6. The number of para-hydroxylation sites is 1. The molecule has 370 valence electrons. The lowest BCUT2D eigenvalue weighted by molar-refractivity contribution is 0.660. The van der Waals surface area contributed by atoms with Crippen LogP contribution in [0.5, 0.6) is 0 Å². The van der Waals surface area contributed by atoms with E-state index in [0.717, 1.165) is 107 Å². The van der Waals surface area contributed by atoms with Crippen molar-refractivity contribution < 1.29 is 4.42 Å². The number of unbranched alkanes of at least 4 members (excludes halogenated alkanes) is 1. The van der Waals surface area contributed by atoms with Crippen molar-refractivity contribution >= 4 is 77.6 Å². The Morgan fingerprint density at radius 1 is 0.416 bits per heavy atom. The molecule has 0 spiro atoms. The summed E-state index contributed by atoms with van der Waals surface area (Å²) in [5.74, 6) is 0. The van der Waals surface area contributed by atoms with E-state index >= 15 is 0 Å².